The minimum Gasteiger partial charge on any atom is -0.385 e. The number of anilines is 1. The molecule has 1 aliphatic carbocycles. The Morgan fingerprint density at radius 2 is 1.81 bits per heavy atom. The van der Waals surface area contributed by atoms with Crippen LogP contribution in [0, 0.1) is 13.8 Å². The molecular formula is C17H24N4. The SMILES string of the molecule is Cc1ccc(NCCc2nnc(C)n2C2CCCC2)cc1. The van der Waals surface area contributed by atoms with E-state index in [1.807, 2.05) is 0 Å². The molecule has 1 aromatic carbocycles. The van der Waals surface area contributed by atoms with E-state index in [2.05, 4.69) is 58.2 Å². The van der Waals surface area contributed by atoms with Gasteiger partial charge in [-0.05, 0) is 38.8 Å². The molecule has 1 aromatic heterocycles. The van der Waals surface area contributed by atoms with Crippen LogP contribution in [-0.2, 0) is 6.42 Å². The lowest BCUT2D eigenvalue weighted by Gasteiger charge is -2.16. The average Bonchev–Trinajstić information content (AvgIpc) is 3.11. The van der Waals surface area contributed by atoms with Crippen LogP contribution in [0.4, 0.5) is 5.69 Å². The summed E-state index contributed by atoms with van der Waals surface area (Å²) >= 11 is 0. The molecule has 1 N–H and O–H groups in total. The molecule has 0 amide bonds. The number of hydrogen-bond donors (Lipinski definition) is 1. The predicted molar refractivity (Wildman–Crippen MR) is 85.6 cm³/mol. The lowest BCUT2D eigenvalue weighted by molar-refractivity contribution is 0.487. The summed E-state index contributed by atoms with van der Waals surface area (Å²) in [6, 6.07) is 9.14. The van der Waals surface area contributed by atoms with Crippen molar-refractivity contribution >= 4 is 5.69 Å². The molecule has 0 atom stereocenters. The van der Waals surface area contributed by atoms with Crippen molar-refractivity contribution in [2.45, 2.75) is 52.0 Å². The number of nitrogens with zero attached hydrogens (tertiary/aromatic N) is 3. The Labute approximate surface area is 126 Å². The van der Waals surface area contributed by atoms with Crippen LogP contribution < -0.4 is 5.32 Å². The van der Waals surface area contributed by atoms with Crippen molar-refractivity contribution in [1.29, 1.82) is 0 Å². The van der Waals surface area contributed by atoms with Gasteiger partial charge in [0.25, 0.3) is 0 Å². The van der Waals surface area contributed by atoms with Crippen molar-refractivity contribution in [3.8, 4) is 0 Å². The van der Waals surface area contributed by atoms with Gasteiger partial charge in [0.1, 0.15) is 11.6 Å². The van der Waals surface area contributed by atoms with E-state index in [9.17, 15) is 0 Å². The molecule has 0 aliphatic heterocycles. The van der Waals surface area contributed by atoms with Crippen LogP contribution in [0.15, 0.2) is 24.3 Å². The molecule has 4 heteroatoms. The van der Waals surface area contributed by atoms with Gasteiger partial charge < -0.3 is 9.88 Å². The molecule has 0 radical (unpaired) electrons. The number of hydrogen-bond acceptors (Lipinski definition) is 3. The maximum atomic E-state index is 4.38. The van der Waals surface area contributed by atoms with E-state index in [4.69, 9.17) is 0 Å². The second-order valence-electron chi connectivity index (χ2n) is 6.01. The van der Waals surface area contributed by atoms with Gasteiger partial charge in [0, 0.05) is 24.7 Å². The molecule has 0 spiro atoms. The van der Waals surface area contributed by atoms with E-state index < -0.39 is 0 Å². The van der Waals surface area contributed by atoms with E-state index in [1.54, 1.807) is 0 Å². The number of aromatic nitrogens is 3. The van der Waals surface area contributed by atoms with Gasteiger partial charge in [0.15, 0.2) is 0 Å². The van der Waals surface area contributed by atoms with E-state index >= 15 is 0 Å². The predicted octanol–water partition coefficient (Wildman–Crippen LogP) is 3.66. The third-order valence-electron chi connectivity index (χ3n) is 4.36. The van der Waals surface area contributed by atoms with Gasteiger partial charge in [-0.2, -0.15) is 0 Å². The fourth-order valence-electron chi connectivity index (χ4n) is 3.21. The Balaban J connectivity index is 1.61. The summed E-state index contributed by atoms with van der Waals surface area (Å²) in [4.78, 5) is 0. The fourth-order valence-corrected chi connectivity index (χ4v) is 3.21. The van der Waals surface area contributed by atoms with Crippen molar-refractivity contribution in [2.75, 3.05) is 11.9 Å². The topological polar surface area (TPSA) is 42.7 Å². The third-order valence-corrected chi connectivity index (χ3v) is 4.36. The summed E-state index contributed by atoms with van der Waals surface area (Å²) < 4.78 is 2.36. The van der Waals surface area contributed by atoms with Crippen LogP contribution in [0.1, 0.15) is 48.9 Å². The summed E-state index contributed by atoms with van der Waals surface area (Å²) in [6.07, 6.45) is 6.15. The number of nitrogens with one attached hydrogen (secondary N) is 1. The molecule has 1 saturated carbocycles. The van der Waals surface area contributed by atoms with Crippen LogP contribution >= 0.6 is 0 Å². The molecule has 3 rings (SSSR count). The second kappa shape index (κ2) is 6.29. The van der Waals surface area contributed by atoms with Gasteiger partial charge in [0.05, 0.1) is 0 Å². The first-order valence-corrected chi connectivity index (χ1v) is 7.95. The van der Waals surface area contributed by atoms with E-state index in [0.717, 1.165) is 24.6 Å². The zero-order valence-electron chi connectivity index (χ0n) is 13.0. The zero-order chi connectivity index (χ0) is 14.7. The van der Waals surface area contributed by atoms with Crippen molar-refractivity contribution in [1.82, 2.24) is 14.8 Å². The molecule has 2 aromatic rings. The lowest BCUT2D eigenvalue weighted by Crippen LogP contribution is -2.14. The van der Waals surface area contributed by atoms with Crippen LogP contribution in [0.2, 0.25) is 0 Å². The van der Waals surface area contributed by atoms with Gasteiger partial charge in [-0.25, -0.2) is 0 Å². The standard InChI is InChI=1S/C17H24N4/c1-13-7-9-15(10-8-13)18-12-11-17-20-19-14(2)21(17)16-5-3-4-6-16/h7-10,16,18H,3-6,11-12H2,1-2H3. The maximum Gasteiger partial charge on any atom is 0.135 e. The summed E-state index contributed by atoms with van der Waals surface area (Å²) in [5, 5.41) is 12.1. The molecule has 1 fully saturated rings. The fraction of sp³-hybridized carbons (Fsp3) is 0.529. The van der Waals surface area contributed by atoms with Crippen molar-refractivity contribution in [3.05, 3.63) is 41.5 Å². The van der Waals surface area contributed by atoms with E-state index in [0.29, 0.717) is 6.04 Å². The van der Waals surface area contributed by atoms with Crippen LogP contribution in [0.3, 0.4) is 0 Å². The first-order chi connectivity index (χ1) is 10.2. The van der Waals surface area contributed by atoms with Gasteiger partial charge in [-0.3, -0.25) is 0 Å². The van der Waals surface area contributed by atoms with Crippen LogP contribution in [0.25, 0.3) is 0 Å². The Kier molecular flexibility index (Phi) is 4.23. The van der Waals surface area contributed by atoms with Crippen molar-refractivity contribution in [3.63, 3.8) is 0 Å². The highest BCUT2D eigenvalue weighted by atomic mass is 15.3. The minimum absolute atomic E-state index is 0.620. The molecule has 112 valence electrons. The van der Waals surface area contributed by atoms with E-state index in [-0.39, 0.29) is 0 Å². The third kappa shape index (κ3) is 3.26. The number of benzene rings is 1. The van der Waals surface area contributed by atoms with Crippen molar-refractivity contribution in [2.24, 2.45) is 0 Å². The number of aryl methyl sites for hydroxylation is 2. The molecule has 1 heterocycles. The monoisotopic (exact) mass is 284 g/mol. The Morgan fingerprint density at radius 1 is 1.10 bits per heavy atom. The molecule has 4 nitrogen and oxygen atoms in total. The normalized spacial score (nSPS) is 15.5. The summed E-state index contributed by atoms with van der Waals surface area (Å²) in [7, 11) is 0. The minimum atomic E-state index is 0.620. The van der Waals surface area contributed by atoms with E-state index in [1.165, 1.54) is 36.9 Å². The van der Waals surface area contributed by atoms with Gasteiger partial charge >= 0.3 is 0 Å². The first kappa shape index (κ1) is 14.1. The van der Waals surface area contributed by atoms with Gasteiger partial charge in [-0.15, -0.1) is 10.2 Å². The molecule has 0 saturated heterocycles. The molecular weight excluding hydrogens is 260 g/mol. The smallest absolute Gasteiger partial charge is 0.135 e. The second-order valence-corrected chi connectivity index (χ2v) is 6.01. The van der Waals surface area contributed by atoms with Crippen LogP contribution in [0.5, 0.6) is 0 Å². The highest BCUT2D eigenvalue weighted by molar-refractivity contribution is 5.44. The summed E-state index contributed by atoms with van der Waals surface area (Å²) in [5.74, 6) is 2.19. The van der Waals surface area contributed by atoms with Gasteiger partial charge in [-0.1, -0.05) is 30.5 Å². The highest BCUT2D eigenvalue weighted by Crippen LogP contribution is 2.31. The average molecular weight is 284 g/mol. The number of rotatable bonds is 5. The Hall–Kier alpha value is -1.84. The lowest BCUT2D eigenvalue weighted by atomic mass is 10.2. The quantitative estimate of drug-likeness (QED) is 0.911. The Bertz CT molecular complexity index is 579. The largest absolute Gasteiger partial charge is 0.385 e. The van der Waals surface area contributed by atoms with Crippen LogP contribution in [-0.4, -0.2) is 21.3 Å². The Morgan fingerprint density at radius 3 is 2.52 bits per heavy atom. The van der Waals surface area contributed by atoms with Gasteiger partial charge in [0.2, 0.25) is 0 Å². The molecule has 1 aliphatic rings. The zero-order valence-corrected chi connectivity index (χ0v) is 13.0. The summed E-state index contributed by atoms with van der Waals surface area (Å²) in [5.41, 5.74) is 2.46. The highest BCUT2D eigenvalue weighted by Gasteiger charge is 2.21. The molecule has 0 bridgehead atoms. The molecule has 0 unspecified atom stereocenters. The summed E-state index contributed by atoms with van der Waals surface area (Å²) in [6.45, 7) is 5.08. The maximum absolute atomic E-state index is 4.38. The first-order valence-electron chi connectivity index (χ1n) is 7.95. The molecule has 21 heavy (non-hydrogen) atoms. The van der Waals surface area contributed by atoms with Crippen molar-refractivity contribution < 1.29 is 0 Å².